The first kappa shape index (κ1) is 7.69. The SMILES string of the molecule is CC[SiH](CC)OC=O. The summed E-state index contributed by atoms with van der Waals surface area (Å²) in [5.74, 6) is 0. The van der Waals surface area contributed by atoms with Gasteiger partial charge in [-0.15, -0.1) is 0 Å². The molecule has 0 aliphatic carbocycles. The van der Waals surface area contributed by atoms with E-state index in [-0.39, 0.29) is 0 Å². The molecule has 0 fully saturated rings. The summed E-state index contributed by atoms with van der Waals surface area (Å²) in [5, 5.41) is 0. The van der Waals surface area contributed by atoms with Gasteiger partial charge in [0.05, 0.1) is 0 Å². The monoisotopic (exact) mass is 132 g/mol. The van der Waals surface area contributed by atoms with Gasteiger partial charge in [0, 0.05) is 0 Å². The van der Waals surface area contributed by atoms with Crippen molar-refractivity contribution in [1.29, 1.82) is 0 Å². The molecule has 0 radical (unpaired) electrons. The van der Waals surface area contributed by atoms with Crippen LogP contribution in [0.15, 0.2) is 0 Å². The fourth-order valence-electron chi connectivity index (χ4n) is 0.560. The maximum Gasteiger partial charge on any atom is 0.279 e. The number of hydrogen-bond acceptors (Lipinski definition) is 2. The average Bonchev–Trinajstić information content (AvgIpc) is 1.83. The van der Waals surface area contributed by atoms with Gasteiger partial charge >= 0.3 is 0 Å². The van der Waals surface area contributed by atoms with Gasteiger partial charge in [0.15, 0.2) is 0 Å². The van der Waals surface area contributed by atoms with Gasteiger partial charge in [-0.3, -0.25) is 4.79 Å². The molecule has 0 aromatic rings. The summed E-state index contributed by atoms with van der Waals surface area (Å²) < 4.78 is 4.80. The predicted molar refractivity (Wildman–Crippen MR) is 35.3 cm³/mol. The fourth-order valence-corrected chi connectivity index (χ4v) is 1.68. The molecule has 0 spiro atoms. The molecule has 2 nitrogen and oxygen atoms in total. The highest BCUT2D eigenvalue weighted by molar-refractivity contribution is 6.52. The largest absolute Gasteiger partial charge is 0.524 e. The second kappa shape index (κ2) is 4.84. The molecule has 0 amide bonds. The number of rotatable bonds is 4. The lowest BCUT2D eigenvalue weighted by molar-refractivity contribution is -0.121. The van der Waals surface area contributed by atoms with Crippen LogP contribution in [0.5, 0.6) is 0 Å². The second-order valence-corrected chi connectivity index (χ2v) is 4.82. The zero-order valence-corrected chi connectivity index (χ0v) is 6.54. The molecule has 48 valence electrons. The third kappa shape index (κ3) is 2.79. The van der Waals surface area contributed by atoms with Crippen molar-refractivity contribution in [3.8, 4) is 0 Å². The van der Waals surface area contributed by atoms with Gasteiger partial charge < -0.3 is 4.43 Å². The maximum absolute atomic E-state index is 9.75. The van der Waals surface area contributed by atoms with Gasteiger partial charge in [0.25, 0.3) is 6.47 Å². The topological polar surface area (TPSA) is 26.3 Å². The maximum atomic E-state index is 9.75. The summed E-state index contributed by atoms with van der Waals surface area (Å²) >= 11 is 0. The Hall–Kier alpha value is -0.313. The first-order chi connectivity index (χ1) is 3.85. The van der Waals surface area contributed by atoms with E-state index in [0.717, 1.165) is 12.1 Å². The van der Waals surface area contributed by atoms with Crippen LogP contribution in [0.4, 0.5) is 0 Å². The van der Waals surface area contributed by atoms with Crippen LogP contribution in [-0.2, 0) is 9.22 Å². The molecule has 0 bridgehead atoms. The molecule has 0 rings (SSSR count). The van der Waals surface area contributed by atoms with E-state index in [2.05, 4.69) is 13.8 Å². The van der Waals surface area contributed by atoms with E-state index in [0.29, 0.717) is 6.47 Å². The number of carbonyl (C=O) groups is 1. The average molecular weight is 132 g/mol. The molecule has 0 aliphatic rings. The Morgan fingerprint density at radius 3 is 2.12 bits per heavy atom. The van der Waals surface area contributed by atoms with Crippen molar-refractivity contribution in [2.45, 2.75) is 25.9 Å². The van der Waals surface area contributed by atoms with Gasteiger partial charge in [-0.05, 0) is 12.1 Å². The molecule has 0 N–H and O–H groups in total. The van der Waals surface area contributed by atoms with Crippen LogP contribution in [0.25, 0.3) is 0 Å². The molecule has 0 aromatic heterocycles. The van der Waals surface area contributed by atoms with Crippen LogP contribution in [0, 0.1) is 0 Å². The van der Waals surface area contributed by atoms with E-state index < -0.39 is 9.04 Å². The van der Waals surface area contributed by atoms with Crippen LogP contribution in [0.3, 0.4) is 0 Å². The Kier molecular flexibility index (Phi) is 4.65. The van der Waals surface area contributed by atoms with E-state index in [9.17, 15) is 4.79 Å². The Bertz CT molecular complexity index is 61.4. The Morgan fingerprint density at radius 2 is 2.00 bits per heavy atom. The predicted octanol–water partition coefficient (Wildman–Crippen LogP) is 0.923. The van der Waals surface area contributed by atoms with Crippen molar-refractivity contribution in [1.82, 2.24) is 0 Å². The van der Waals surface area contributed by atoms with E-state index in [1.807, 2.05) is 0 Å². The van der Waals surface area contributed by atoms with E-state index >= 15 is 0 Å². The Balaban J connectivity index is 3.20. The minimum atomic E-state index is -1.06. The van der Waals surface area contributed by atoms with Gasteiger partial charge in [0.2, 0.25) is 9.04 Å². The minimum Gasteiger partial charge on any atom is -0.524 e. The molecule has 8 heavy (non-hydrogen) atoms. The van der Waals surface area contributed by atoms with E-state index in [4.69, 9.17) is 4.43 Å². The molecule has 0 aromatic carbocycles. The van der Waals surface area contributed by atoms with Gasteiger partial charge in [-0.25, -0.2) is 0 Å². The third-order valence-corrected chi connectivity index (χ3v) is 3.48. The minimum absolute atomic E-state index is 0.573. The highest BCUT2D eigenvalue weighted by atomic mass is 28.3. The molecule has 0 unspecified atom stereocenters. The Labute approximate surface area is 51.6 Å². The van der Waals surface area contributed by atoms with Crippen molar-refractivity contribution >= 4 is 15.5 Å². The highest BCUT2D eigenvalue weighted by Gasteiger charge is 2.03. The van der Waals surface area contributed by atoms with Crippen LogP contribution in [0.1, 0.15) is 13.8 Å². The Morgan fingerprint density at radius 1 is 1.50 bits per heavy atom. The van der Waals surface area contributed by atoms with Gasteiger partial charge in [-0.2, -0.15) is 0 Å². The quantitative estimate of drug-likeness (QED) is 0.420. The van der Waals surface area contributed by atoms with Crippen LogP contribution in [0.2, 0.25) is 12.1 Å². The molecular weight excluding hydrogens is 120 g/mol. The molecule has 0 heterocycles. The second-order valence-electron chi connectivity index (χ2n) is 1.67. The third-order valence-electron chi connectivity index (χ3n) is 1.16. The fraction of sp³-hybridized carbons (Fsp3) is 0.800. The van der Waals surface area contributed by atoms with Gasteiger partial charge in [-0.1, -0.05) is 13.8 Å². The first-order valence-corrected chi connectivity index (χ1v) is 5.04. The molecule has 3 heteroatoms. The standard InChI is InChI=1S/C5H12O2Si/c1-3-8(4-2)7-5-6/h5,8H,3-4H2,1-2H3. The lowest BCUT2D eigenvalue weighted by Gasteiger charge is -2.05. The highest BCUT2D eigenvalue weighted by Crippen LogP contribution is 1.96. The van der Waals surface area contributed by atoms with Crippen molar-refractivity contribution in [3.05, 3.63) is 0 Å². The molecule has 0 atom stereocenters. The van der Waals surface area contributed by atoms with Crippen LogP contribution < -0.4 is 0 Å². The zero-order valence-electron chi connectivity index (χ0n) is 5.39. The summed E-state index contributed by atoms with van der Waals surface area (Å²) in [6.45, 7) is 4.69. The van der Waals surface area contributed by atoms with Crippen molar-refractivity contribution < 1.29 is 9.22 Å². The molecule has 0 aliphatic heterocycles. The number of carbonyl (C=O) groups excluding carboxylic acids is 1. The van der Waals surface area contributed by atoms with E-state index in [1.165, 1.54) is 0 Å². The molecule has 0 saturated heterocycles. The molecule has 0 saturated carbocycles. The van der Waals surface area contributed by atoms with Crippen molar-refractivity contribution in [2.24, 2.45) is 0 Å². The summed E-state index contributed by atoms with van der Waals surface area (Å²) in [5.41, 5.74) is 0. The van der Waals surface area contributed by atoms with Crippen LogP contribution in [-0.4, -0.2) is 15.5 Å². The zero-order chi connectivity index (χ0) is 6.41. The van der Waals surface area contributed by atoms with Crippen LogP contribution >= 0.6 is 0 Å². The van der Waals surface area contributed by atoms with Crippen molar-refractivity contribution in [2.75, 3.05) is 0 Å². The van der Waals surface area contributed by atoms with Crippen molar-refractivity contribution in [3.63, 3.8) is 0 Å². The molecular formula is C5H12O2Si. The summed E-state index contributed by atoms with van der Waals surface area (Å²) in [6.07, 6.45) is 0. The summed E-state index contributed by atoms with van der Waals surface area (Å²) in [4.78, 5) is 9.75. The van der Waals surface area contributed by atoms with E-state index in [1.54, 1.807) is 0 Å². The lowest BCUT2D eigenvalue weighted by atomic mass is 11.0. The summed E-state index contributed by atoms with van der Waals surface area (Å²) in [6, 6.07) is 2.10. The normalized spacial score (nSPS) is 9.38. The summed E-state index contributed by atoms with van der Waals surface area (Å²) in [7, 11) is -1.06. The van der Waals surface area contributed by atoms with Gasteiger partial charge in [0.1, 0.15) is 0 Å². The lowest BCUT2D eigenvalue weighted by Crippen LogP contribution is -2.13. The number of hydrogen-bond donors (Lipinski definition) is 0. The first-order valence-electron chi connectivity index (χ1n) is 2.94. The smallest absolute Gasteiger partial charge is 0.279 e.